The van der Waals surface area contributed by atoms with Crippen molar-refractivity contribution in [3.8, 4) is 57.4 Å². The Morgan fingerprint density at radius 2 is 1.16 bits per heavy atom. The zero-order chi connectivity index (χ0) is 31.1. The Balaban J connectivity index is 0.000000177. The van der Waals surface area contributed by atoms with Gasteiger partial charge in [-0.05, 0) is 57.6 Å². The SMILES string of the molecule is CS(=O)(=O)OCc1cccc(-c2ccc3c(c2)OCCO3)c1C#N.N#Cc1c(CO)cccc1-c1ccc2c(c1)OCCO2. The first kappa shape index (κ1) is 30.4. The summed E-state index contributed by atoms with van der Waals surface area (Å²) in [6.07, 6.45) is 0.976. The quantitative estimate of drug-likeness (QED) is 0.296. The van der Waals surface area contributed by atoms with E-state index in [-0.39, 0.29) is 13.2 Å². The number of nitrogens with zero attached hydrogens (tertiary/aromatic N) is 2. The molecule has 44 heavy (non-hydrogen) atoms. The molecule has 4 aromatic carbocycles. The number of fused-ring (bicyclic) bond motifs is 2. The van der Waals surface area contributed by atoms with Crippen LogP contribution in [0.1, 0.15) is 22.3 Å². The van der Waals surface area contributed by atoms with Crippen molar-refractivity contribution in [2.24, 2.45) is 0 Å². The highest BCUT2D eigenvalue weighted by molar-refractivity contribution is 7.85. The van der Waals surface area contributed by atoms with Crippen molar-refractivity contribution in [3.63, 3.8) is 0 Å². The molecule has 0 aromatic heterocycles. The third-order valence-corrected chi connectivity index (χ3v) is 7.38. The van der Waals surface area contributed by atoms with E-state index in [0.29, 0.717) is 71.5 Å². The molecular weight excluding hydrogens is 584 g/mol. The Morgan fingerprint density at radius 1 is 0.705 bits per heavy atom. The fourth-order valence-corrected chi connectivity index (χ4v) is 5.13. The van der Waals surface area contributed by atoms with Gasteiger partial charge >= 0.3 is 0 Å². The number of rotatable bonds is 6. The number of hydrogen-bond donors (Lipinski definition) is 1. The van der Waals surface area contributed by atoms with Crippen molar-refractivity contribution in [2.75, 3.05) is 32.7 Å². The van der Waals surface area contributed by atoms with E-state index in [9.17, 15) is 24.0 Å². The predicted molar refractivity (Wildman–Crippen MR) is 161 cm³/mol. The lowest BCUT2D eigenvalue weighted by atomic mass is 9.96. The molecular formula is C33H28N2O8S. The molecule has 0 atom stereocenters. The van der Waals surface area contributed by atoms with Crippen LogP contribution in [-0.4, -0.2) is 46.2 Å². The second-order valence-electron chi connectivity index (χ2n) is 9.74. The molecule has 0 aliphatic carbocycles. The van der Waals surface area contributed by atoms with Crippen LogP contribution in [0, 0.1) is 22.7 Å². The van der Waals surface area contributed by atoms with Crippen LogP contribution in [0.3, 0.4) is 0 Å². The summed E-state index contributed by atoms with van der Waals surface area (Å²) in [7, 11) is -3.58. The molecule has 6 rings (SSSR count). The molecule has 0 saturated carbocycles. The molecule has 0 radical (unpaired) electrons. The second-order valence-corrected chi connectivity index (χ2v) is 11.4. The third kappa shape index (κ3) is 6.93. The van der Waals surface area contributed by atoms with Gasteiger partial charge in [-0.3, -0.25) is 4.18 Å². The van der Waals surface area contributed by atoms with Gasteiger partial charge in [0.05, 0.1) is 30.6 Å². The normalized spacial score (nSPS) is 13.1. The number of hydrogen-bond acceptors (Lipinski definition) is 10. The average molecular weight is 613 g/mol. The van der Waals surface area contributed by atoms with Gasteiger partial charge < -0.3 is 24.1 Å². The number of aliphatic hydroxyl groups is 1. The first-order chi connectivity index (χ1) is 21.3. The summed E-state index contributed by atoms with van der Waals surface area (Å²) in [6.45, 7) is 1.73. The minimum absolute atomic E-state index is 0.152. The molecule has 0 spiro atoms. The van der Waals surface area contributed by atoms with E-state index in [0.717, 1.165) is 28.7 Å². The smallest absolute Gasteiger partial charge is 0.264 e. The maximum absolute atomic E-state index is 11.2. The highest BCUT2D eigenvalue weighted by Crippen LogP contribution is 2.37. The van der Waals surface area contributed by atoms with Crippen molar-refractivity contribution < 1.29 is 36.7 Å². The standard InChI is InChI=1S/C17H15NO5S.C16H13NO3/c1-24(19,20)23-11-13-3-2-4-14(15(13)10-18)12-5-6-16-17(9-12)22-8-7-21-16;17-9-14-12(10-18)2-1-3-13(14)11-4-5-15-16(8-11)20-7-6-19-15/h2-6,9H,7-8,11H2,1H3;1-5,8,18H,6-7,10H2. The van der Waals surface area contributed by atoms with Crippen molar-refractivity contribution in [1.29, 1.82) is 10.5 Å². The fraction of sp³-hybridized carbons (Fsp3) is 0.212. The van der Waals surface area contributed by atoms with Gasteiger partial charge in [0, 0.05) is 0 Å². The van der Waals surface area contributed by atoms with Crippen molar-refractivity contribution in [3.05, 3.63) is 95.1 Å². The number of benzene rings is 4. The van der Waals surface area contributed by atoms with E-state index < -0.39 is 10.1 Å². The monoisotopic (exact) mass is 612 g/mol. The Hall–Kier alpha value is -5.07. The molecule has 2 aliphatic heterocycles. The van der Waals surface area contributed by atoms with Gasteiger partial charge in [-0.15, -0.1) is 0 Å². The molecule has 224 valence electrons. The molecule has 11 heteroatoms. The Kier molecular flexibility index (Phi) is 9.32. The summed E-state index contributed by atoms with van der Waals surface area (Å²) in [4.78, 5) is 0. The van der Waals surface area contributed by atoms with Crippen LogP contribution in [-0.2, 0) is 27.5 Å². The molecule has 2 heterocycles. The fourth-order valence-electron chi connectivity index (χ4n) is 4.79. The lowest BCUT2D eigenvalue weighted by Crippen LogP contribution is -2.15. The van der Waals surface area contributed by atoms with Crippen molar-refractivity contribution in [1.82, 2.24) is 0 Å². The number of aliphatic hydroxyl groups excluding tert-OH is 1. The molecule has 0 unspecified atom stereocenters. The first-order valence-electron chi connectivity index (χ1n) is 13.6. The molecule has 0 saturated heterocycles. The summed E-state index contributed by atoms with van der Waals surface area (Å²) in [6, 6.07) is 26.0. The van der Waals surface area contributed by atoms with Crippen molar-refractivity contribution in [2.45, 2.75) is 13.2 Å². The van der Waals surface area contributed by atoms with Crippen LogP contribution >= 0.6 is 0 Å². The van der Waals surface area contributed by atoms with Gasteiger partial charge in [-0.2, -0.15) is 18.9 Å². The Labute approximate surface area is 255 Å². The minimum Gasteiger partial charge on any atom is -0.486 e. The Bertz CT molecular complexity index is 1880. The van der Waals surface area contributed by atoms with Gasteiger partial charge in [-0.25, -0.2) is 0 Å². The van der Waals surface area contributed by atoms with Gasteiger partial charge in [0.1, 0.15) is 38.6 Å². The molecule has 4 aromatic rings. The van der Waals surface area contributed by atoms with E-state index in [4.69, 9.17) is 23.1 Å². The summed E-state index contributed by atoms with van der Waals surface area (Å²) in [5.41, 5.74) is 5.14. The van der Waals surface area contributed by atoms with Crippen LogP contribution < -0.4 is 18.9 Å². The van der Waals surface area contributed by atoms with E-state index in [1.165, 1.54) is 0 Å². The molecule has 1 N–H and O–H groups in total. The molecule has 10 nitrogen and oxygen atoms in total. The lowest BCUT2D eigenvalue weighted by molar-refractivity contribution is 0.171. The molecule has 0 fully saturated rings. The van der Waals surface area contributed by atoms with Crippen LogP contribution in [0.15, 0.2) is 72.8 Å². The first-order valence-corrected chi connectivity index (χ1v) is 15.4. The van der Waals surface area contributed by atoms with Crippen molar-refractivity contribution >= 4 is 10.1 Å². The number of ether oxygens (including phenoxy) is 4. The zero-order valence-electron chi connectivity index (χ0n) is 23.8. The topological polar surface area (TPSA) is 148 Å². The van der Waals surface area contributed by atoms with E-state index in [1.54, 1.807) is 30.3 Å². The Morgan fingerprint density at radius 3 is 1.61 bits per heavy atom. The average Bonchev–Trinajstić information content (AvgIpc) is 3.06. The molecule has 2 aliphatic rings. The van der Waals surface area contributed by atoms with Gasteiger partial charge in [0.15, 0.2) is 23.0 Å². The summed E-state index contributed by atoms with van der Waals surface area (Å²) in [5.74, 6) is 2.70. The summed E-state index contributed by atoms with van der Waals surface area (Å²) < 4.78 is 49.3. The highest BCUT2D eigenvalue weighted by Gasteiger charge is 2.17. The van der Waals surface area contributed by atoms with Gasteiger partial charge in [0.2, 0.25) is 0 Å². The van der Waals surface area contributed by atoms with Crippen LogP contribution in [0.2, 0.25) is 0 Å². The molecule has 0 bridgehead atoms. The highest BCUT2D eigenvalue weighted by atomic mass is 32.2. The minimum atomic E-state index is -3.58. The van der Waals surface area contributed by atoms with Gasteiger partial charge in [-0.1, -0.05) is 48.5 Å². The number of nitriles is 2. The predicted octanol–water partition coefficient (Wildman–Crippen LogP) is 4.96. The third-order valence-electron chi connectivity index (χ3n) is 6.83. The largest absolute Gasteiger partial charge is 0.486 e. The van der Waals surface area contributed by atoms with Crippen LogP contribution in [0.4, 0.5) is 0 Å². The maximum atomic E-state index is 11.2. The lowest BCUT2D eigenvalue weighted by Gasteiger charge is -2.19. The second kappa shape index (κ2) is 13.5. The van der Waals surface area contributed by atoms with E-state index in [1.807, 2.05) is 42.5 Å². The maximum Gasteiger partial charge on any atom is 0.264 e. The van der Waals surface area contributed by atoms with Crippen LogP contribution in [0.5, 0.6) is 23.0 Å². The zero-order valence-corrected chi connectivity index (χ0v) is 24.6. The van der Waals surface area contributed by atoms with Gasteiger partial charge in [0.25, 0.3) is 10.1 Å². The van der Waals surface area contributed by atoms with Crippen LogP contribution in [0.25, 0.3) is 22.3 Å². The van der Waals surface area contributed by atoms with E-state index in [2.05, 4.69) is 12.1 Å². The summed E-state index contributed by atoms with van der Waals surface area (Å²) in [5, 5.41) is 28.1. The summed E-state index contributed by atoms with van der Waals surface area (Å²) >= 11 is 0. The molecule has 0 amide bonds. The van der Waals surface area contributed by atoms with E-state index >= 15 is 0 Å².